The standard InChI is InChI=1S/C15H24ClN3/c1-17-11-12-4-5-14(10-15(12)16)19-8-6-13(7-9-19)18(2)3/h4-5,10,13,17H,6-9,11H2,1-3H3. The number of rotatable bonds is 4. The van der Waals surface area contributed by atoms with Crippen LogP contribution in [0.4, 0.5) is 5.69 Å². The summed E-state index contributed by atoms with van der Waals surface area (Å²) in [6, 6.07) is 7.14. The number of benzene rings is 1. The Morgan fingerprint density at radius 3 is 2.53 bits per heavy atom. The van der Waals surface area contributed by atoms with Crippen molar-refractivity contribution >= 4 is 17.3 Å². The van der Waals surface area contributed by atoms with E-state index in [1.807, 2.05) is 7.05 Å². The van der Waals surface area contributed by atoms with Crippen molar-refractivity contribution in [3.8, 4) is 0 Å². The molecule has 1 heterocycles. The molecule has 1 N–H and O–H groups in total. The summed E-state index contributed by atoms with van der Waals surface area (Å²) in [6.07, 6.45) is 2.45. The maximum atomic E-state index is 6.33. The number of nitrogens with one attached hydrogen (secondary N) is 1. The van der Waals surface area contributed by atoms with Gasteiger partial charge in [0.25, 0.3) is 0 Å². The highest BCUT2D eigenvalue weighted by molar-refractivity contribution is 6.31. The fraction of sp³-hybridized carbons (Fsp3) is 0.600. The van der Waals surface area contributed by atoms with Crippen LogP contribution in [0, 0.1) is 0 Å². The average molecular weight is 282 g/mol. The second-order valence-corrected chi connectivity index (χ2v) is 5.90. The third kappa shape index (κ3) is 3.62. The van der Waals surface area contributed by atoms with Crippen LogP contribution in [0.3, 0.4) is 0 Å². The van der Waals surface area contributed by atoms with E-state index in [2.05, 4.69) is 47.4 Å². The quantitative estimate of drug-likeness (QED) is 0.915. The van der Waals surface area contributed by atoms with Crippen LogP contribution in [0.1, 0.15) is 18.4 Å². The second kappa shape index (κ2) is 6.60. The summed E-state index contributed by atoms with van der Waals surface area (Å²) in [4.78, 5) is 4.77. The van der Waals surface area contributed by atoms with Crippen LogP contribution in [0.25, 0.3) is 0 Å². The van der Waals surface area contributed by atoms with Crippen molar-refractivity contribution in [2.45, 2.75) is 25.4 Å². The van der Waals surface area contributed by atoms with Gasteiger partial charge in [-0.15, -0.1) is 0 Å². The Morgan fingerprint density at radius 1 is 1.32 bits per heavy atom. The molecule has 0 aliphatic carbocycles. The molecule has 4 heteroatoms. The highest BCUT2D eigenvalue weighted by atomic mass is 35.5. The summed E-state index contributed by atoms with van der Waals surface area (Å²) in [6.45, 7) is 3.05. The van der Waals surface area contributed by atoms with Crippen LogP contribution in [-0.4, -0.2) is 45.2 Å². The molecule has 19 heavy (non-hydrogen) atoms. The lowest BCUT2D eigenvalue weighted by molar-refractivity contribution is 0.249. The summed E-state index contributed by atoms with van der Waals surface area (Å²) in [5, 5.41) is 4.00. The average Bonchev–Trinajstić information content (AvgIpc) is 2.41. The van der Waals surface area contributed by atoms with E-state index in [1.165, 1.54) is 18.5 Å². The largest absolute Gasteiger partial charge is 0.371 e. The molecule has 1 fully saturated rings. The summed E-state index contributed by atoms with van der Waals surface area (Å²) in [5.74, 6) is 0. The first-order valence-corrected chi connectivity index (χ1v) is 7.34. The van der Waals surface area contributed by atoms with Crippen molar-refractivity contribution in [2.24, 2.45) is 0 Å². The first-order chi connectivity index (χ1) is 9.11. The summed E-state index contributed by atoms with van der Waals surface area (Å²) in [7, 11) is 6.28. The number of nitrogens with zero attached hydrogens (tertiary/aromatic N) is 2. The van der Waals surface area contributed by atoms with Gasteiger partial charge in [0.05, 0.1) is 0 Å². The second-order valence-electron chi connectivity index (χ2n) is 5.49. The molecule has 0 atom stereocenters. The minimum Gasteiger partial charge on any atom is -0.371 e. The molecular formula is C15H24ClN3. The smallest absolute Gasteiger partial charge is 0.0471 e. The topological polar surface area (TPSA) is 18.5 Å². The first-order valence-electron chi connectivity index (χ1n) is 6.96. The van der Waals surface area contributed by atoms with Crippen molar-refractivity contribution < 1.29 is 0 Å². The Labute approximate surface area is 121 Å². The van der Waals surface area contributed by atoms with Crippen LogP contribution >= 0.6 is 11.6 Å². The van der Waals surface area contributed by atoms with Crippen molar-refractivity contribution in [3.63, 3.8) is 0 Å². The van der Waals surface area contributed by atoms with Crippen LogP contribution < -0.4 is 10.2 Å². The maximum absolute atomic E-state index is 6.33. The van der Waals surface area contributed by atoms with Crippen molar-refractivity contribution in [2.75, 3.05) is 39.1 Å². The Balaban J connectivity index is 2.01. The molecule has 0 saturated carbocycles. The van der Waals surface area contributed by atoms with E-state index in [1.54, 1.807) is 0 Å². The molecule has 0 spiro atoms. The molecule has 1 aliphatic heterocycles. The van der Waals surface area contributed by atoms with E-state index in [9.17, 15) is 0 Å². The van der Waals surface area contributed by atoms with E-state index < -0.39 is 0 Å². The molecule has 0 bridgehead atoms. The van der Waals surface area contributed by atoms with Crippen LogP contribution in [0.15, 0.2) is 18.2 Å². The zero-order valence-electron chi connectivity index (χ0n) is 12.1. The molecule has 1 aliphatic rings. The molecule has 2 rings (SSSR count). The molecule has 0 aromatic heterocycles. The van der Waals surface area contributed by atoms with Gasteiger partial charge in [-0.3, -0.25) is 0 Å². The molecule has 1 aromatic rings. The van der Waals surface area contributed by atoms with Gasteiger partial charge in [-0.2, -0.15) is 0 Å². The van der Waals surface area contributed by atoms with Crippen molar-refractivity contribution in [3.05, 3.63) is 28.8 Å². The number of halogens is 1. The highest BCUT2D eigenvalue weighted by Gasteiger charge is 2.20. The van der Waals surface area contributed by atoms with Gasteiger partial charge in [-0.05, 0) is 51.7 Å². The third-order valence-corrected chi connectivity index (χ3v) is 4.32. The Bertz CT molecular complexity index is 412. The lowest BCUT2D eigenvalue weighted by Crippen LogP contribution is -2.42. The summed E-state index contributed by atoms with van der Waals surface area (Å²) < 4.78 is 0. The molecule has 1 saturated heterocycles. The third-order valence-electron chi connectivity index (χ3n) is 3.96. The predicted octanol–water partition coefficient (Wildman–Crippen LogP) is 2.59. The van der Waals surface area contributed by atoms with E-state index in [0.29, 0.717) is 0 Å². The SMILES string of the molecule is CNCc1ccc(N2CCC(N(C)C)CC2)cc1Cl. The lowest BCUT2D eigenvalue weighted by atomic mass is 10.0. The number of hydrogen-bond donors (Lipinski definition) is 1. The zero-order chi connectivity index (χ0) is 13.8. The molecular weight excluding hydrogens is 258 g/mol. The van der Waals surface area contributed by atoms with Gasteiger partial charge < -0.3 is 15.1 Å². The molecule has 0 unspecified atom stereocenters. The molecule has 106 valence electrons. The monoisotopic (exact) mass is 281 g/mol. The van der Waals surface area contributed by atoms with E-state index in [0.717, 1.165) is 36.3 Å². The summed E-state index contributed by atoms with van der Waals surface area (Å²) >= 11 is 6.33. The Morgan fingerprint density at radius 2 is 2.00 bits per heavy atom. The molecule has 0 amide bonds. The highest BCUT2D eigenvalue weighted by Crippen LogP contribution is 2.26. The normalized spacial score (nSPS) is 17.2. The van der Waals surface area contributed by atoms with Gasteiger partial charge in [-0.25, -0.2) is 0 Å². The first kappa shape index (κ1) is 14.6. The van der Waals surface area contributed by atoms with Crippen molar-refractivity contribution in [1.82, 2.24) is 10.2 Å². The maximum Gasteiger partial charge on any atom is 0.0471 e. The van der Waals surface area contributed by atoms with Gasteiger partial charge in [0.2, 0.25) is 0 Å². The molecule has 1 aromatic carbocycles. The van der Waals surface area contributed by atoms with Crippen molar-refractivity contribution in [1.29, 1.82) is 0 Å². The van der Waals surface area contributed by atoms with E-state index in [-0.39, 0.29) is 0 Å². The molecule has 3 nitrogen and oxygen atoms in total. The molecule has 0 radical (unpaired) electrons. The minimum atomic E-state index is 0.718. The van der Waals surface area contributed by atoms with Gasteiger partial charge in [0.15, 0.2) is 0 Å². The van der Waals surface area contributed by atoms with Gasteiger partial charge >= 0.3 is 0 Å². The minimum absolute atomic E-state index is 0.718. The lowest BCUT2D eigenvalue weighted by Gasteiger charge is -2.36. The van der Waals surface area contributed by atoms with Gasteiger partial charge in [-0.1, -0.05) is 17.7 Å². The number of anilines is 1. The van der Waals surface area contributed by atoms with Crippen LogP contribution in [0.2, 0.25) is 5.02 Å². The van der Waals surface area contributed by atoms with Gasteiger partial charge in [0.1, 0.15) is 0 Å². The Hall–Kier alpha value is -0.770. The predicted molar refractivity (Wildman–Crippen MR) is 83.1 cm³/mol. The van der Waals surface area contributed by atoms with E-state index in [4.69, 9.17) is 11.6 Å². The fourth-order valence-electron chi connectivity index (χ4n) is 2.71. The van der Waals surface area contributed by atoms with Crippen LogP contribution in [0.5, 0.6) is 0 Å². The number of hydrogen-bond acceptors (Lipinski definition) is 3. The van der Waals surface area contributed by atoms with E-state index >= 15 is 0 Å². The number of piperidine rings is 1. The van der Waals surface area contributed by atoms with Crippen LogP contribution in [-0.2, 0) is 6.54 Å². The Kier molecular flexibility index (Phi) is 5.08. The van der Waals surface area contributed by atoms with Gasteiger partial charge in [0, 0.05) is 36.4 Å². The zero-order valence-corrected chi connectivity index (χ0v) is 12.9. The summed E-state index contributed by atoms with van der Waals surface area (Å²) in [5.41, 5.74) is 2.41. The fourth-order valence-corrected chi connectivity index (χ4v) is 2.95.